The van der Waals surface area contributed by atoms with Gasteiger partial charge < -0.3 is 4.85 Å². The minimum absolute atomic E-state index is 0.139. The lowest BCUT2D eigenvalue weighted by Gasteiger charge is -2.10. The fourth-order valence-corrected chi connectivity index (χ4v) is 1.96. The number of halogens is 1. The molecule has 2 heteroatoms. The fourth-order valence-electron chi connectivity index (χ4n) is 1.77. The van der Waals surface area contributed by atoms with Crippen LogP contribution in [-0.2, 0) is 0 Å². The van der Waals surface area contributed by atoms with Crippen molar-refractivity contribution in [1.29, 1.82) is 0 Å². The van der Waals surface area contributed by atoms with E-state index in [4.69, 9.17) is 18.2 Å². The highest BCUT2D eigenvalue weighted by Crippen LogP contribution is 2.19. The molecule has 0 amide bonds. The first-order valence-electron chi connectivity index (χ1n) is 6.57. The van der Waals surface area contributed by atoms with Crippen molar-refractivity contribution in [2.24, 2.45) is 0 Å². The van der Waals surface area contributed by atoms with Crippen molar-refractivity contribution in [3.8, 4) is 0 Å². The number of rotatable bonds is 10. The van der Waals surface area contributed by atoms with Gasteiger partial charge in [-0.05, 0) is 12.8 Å². The summed E-state index contributed by atoms with van der Waals surface area (Å²) in [7, 11) is 0. The molecule has 0 bridgehead atoms. The van der Waals surface area contributed by atoms with Gasteiger partial charge in [0.2, 0.25) is 5.54 Å². The van der Waals surface area contributed by atoms with Crippen molar-refractivity contribution in [2.45, 2.75) is 77.2 Å². The van der Waals surface area contributed by atoms with E-state index in [1.807, 2.05) is 13.8 Å². The smallest absolute Gasteiger partial charge is 0.227 e. The summed E-state index contributed by atoms with van der Waals surface area (Å²) in [6.45, 7) is 11.1. The Morgan fingerprint density at radius 2 is 1.31 bits per heavy atom. The van der Waals surface area contributed by atoms with Crippen molar-refractivity contribution in [3.63, 3.8) is 0 Å². The van der Waals surface area contributed by atoms with Gasteiger partial charge >= 0.3 is 0 Å². The zero-order valence-electron chi connectivity index (χ0n) is 10.9. The summed E-state index contributed by atoms with van der Waals surface area (Å²) in [5, 5.41) is 0. The van der Waals surface area contributed by atoms with E-state index in [1.54, 1.807) is 0 Å². The van der Waals surface area contributed by atoms with E-state index >= 15 is 0 Å². The molecule has 0 atom stereocenters. The Labute approximate surface area is 106 Å². The van der Waals surface area contributed by atoms with Crippen LogP contribution < -0.4 is 0 Å². The Hall–Kier alpha value is -0.220. The van der Waals surface area contributed by atoms with E-state index in [0.29, 0.717) is 0 Å². The van der Waals surface area contributed by atoms with Gasteiger partial charge in [-0.2, -0.15) is 0 Å². The molecular weight excluding hydrogens is 218 g/mol. The van der Waals surface area contributed by atoms with E-state index in [-0.39, 0.29) is 5.54 Å². The predicted molar refractivity (Wildman–Crippen MR) is 73.0 cm³/mol. The van der Waals surface area contributed by atoms with E-state index < -0.39 is 0 Å². The summed E-state index contributed by atoms with van der Waals surface area (Å²) in [5.41, 5.74) is -0.139. The van der Waals surface area contributed by atoms with Crippen LogP contribution >= 0.6 is 11.6 Å². The molecule has 16 heavy (non-hydrogen) atoms. The summed E-state index contributed by atoms with van der Waals surface area (Å²) < 4.78 is 0. The lowest BCUT2D eigenvalue weighted by molar-refractivity contribution is 0.494. The minimum Gasteiger partial charge on any atom is -0.311 e. The maximum absolute atomic E-state index is 7.03. The quantitative estimate of drug-likeness (QED) is 0.274. The maximum Gasteiger partial charge on any atom is 0.227 e. The molecule has 0 aliphatic carbocycles. The Balaban J connectivity index is 3.14. The number of alkyl halides is 1. The molecule has 0 spiro atoms. The van der Waals surface area contributed by atoms with Crippen molar-refractivity contribution >= 4 is 11.6 Å². The van der Waals surface area contributed by atoms with Gasteiger partial charge in [0.05, 0.1) is 0 Å². The lowest BCUT2D eigenvalue weighted by Crippen LogP contribution is -2.12. The van der Waals surface area contributed by atoms with Crippen LogP contribution in [0.5, 0.6) is 0 Å². The third-order valence-corrected chi connectivity index (χ3v) is 3.24. The first-order valence-corrected chi connectivity index (χ1v) is 7.10. The van der Waals surface area contributed by atoms with Gasteiger partial charge in [-0.25, -0.2) is 6.57 Å². The zero-order chi connectivity index (χ0) is 12.3. The average molecular weight is 244 g/mol. The second kappa shape index (κ2) is 9.97. The average Bonchev–Trinajstić information content (AvgIpc) is 2.27. The van der Waals surface area contributed by atoms with Gasteiger partial charge in [-0.3, -0.25) is 0 Å². The topological polar surface area (TPSA) is 4.36 Å². The molecule has 0 saturated heterocycles. The highest BCUT2D eigenvalue weighted by molar-refractivity contribution is 6.17. The van der Waals surface area contributed by atoms with Gasteiger partial charge in [0.1, 0.15) is 0 Å². The molecule has 0 heterocycles. The third kappa shape index (κ3) is 10.3. The van der Waals surface area contributed by atoms with E-state index in [1.165, 1.54) is 51.4 Å². The van der Waals surface area contributed by atoms with Gasteiger partial charge in [0, 0.05) is 26.1 Å². The summed E-state index contributed by atoms with van der Waals surface area (Å²) in [4.78, 5) is 3.63. The highest BCUT2D eigenvalue weighted by Gasteiger charge is 2.21. The molecule has 0 unspecified atom stereocenters. The Bertz CT molecular complexity index is 193. The van der Waals surface area contributed by atoms with E-state index in [9.17, 15) is 0 Å². The molecule has 0 aromatic heterocycles. The minimum atomic E-state index is -0.139. The Morgan fingerprint density at radius 3 is 1.75 bits per heavy atom. The number of hydrogen-bond donors (Lipinski definition) is 0. The summed E-state index contributed by atoms with van der Waals surface area (Å²) in [6, 6.07) is 0. The van der Waals surface area contributed by atoms with Crippen molar-refractivity contribution < 1.29 is 0 Å². The monoisotopic (exact) mass is 243 g/mol. The molecular formula is C14H26ClN. The zero-order valence-corrected chi connectivity index (χ0v) is 11.7. The SMILES string of the molecule is [C-]#[N+]C(C)(C)CCCCCCCCCCCl. The normalized spacial score (nSPS) is 11.4. The molecule has 0 aromatic rings. The van der Waals surface area contributed by atoms with Crippen LogP contribution in [0.4, 0.5) is 0 Å². The largest absolute Gasteiger partial charge is 0.311 e. The summed E-state index contributed by atoms with van der Waals surface area (Å²) in [6.07, 6.45) is 11.3. The lowest BCUT2D eigenvalue weighted by atomic mass is 9.97. The molecule has 1 nitrogen and oxygen atoms in total. The first kappa shape index (κ1) is 15.8. The second-order valence-electron chi connectivity index (χ2n) is 5.19. The van der Waals surface area contributed by atoms with Crippen LogP contribution in [0.15, 0.2) is 0 Å². The number of unbranched alkanes of at least 4 members (excludes halogenated alkanes) is 7. The Kier molecular flexibility index (Phi) is 9.83. The van der Waals surface area contributed by atoms with Crippen LogP contribution in [0.2, 0.25) is 0 Å². The van der Waals surface area contributed by atoms with Crippen LogP contribution in [0.1, 0.15) is 71.6 Å². The molecule has 0 aliphatic rings. The molecule has 0 fully saturated rings. The predicted octanol–water partition coefficient (Wildman–Crippen LogP) is 5.43. The van der Waals surface area contributed by atoms with Gasteiger partial charge in [0.15, 0.2) is 0 Å². The van der Waals surface area contributed by atoms with E-state index in [2.05, 4.69) is 4.85 Å². The van der Waals surface area contributed by atoms with Crippen LogP contribution in [0, 0.1) is 6.57 Å². The fraction of sp³-hybridized carbons (Fsp3) is 0.929. The van der Waals surface area contributed by atoms with Crippen molar-refractivity contribution in [1.82, 2.24) is 0 Å². The van der Waals surface area contributed by atoms with Crippen LogP contribution in [0.3, 0.4) is 0 Å². The van der Waals surface area contributed by atoms with Crippen molar-refractivity contribution in [3.05, 3.63) is 11.4 Å². The maximum atomic E-state index is 7.03. The summed E-state index contributed by atoms with van der Waals surface area (Å²) >= 11 is 5.62. The van der Waals surface area contributed by atoms with Crippen LogP contribution in [-0.4, -0.2) is 11.4 Å². The standard InChI is InChI=1S/C14H26ClN/c1-14(2,16-3)12-10-8-6-4-5-7-9-11-13-15/h4-13H2,1-2H3. The Morgan fingerprint density at radius 1 is 0.875 bits per heavy atom. The van der Waals surface area contributed by atoms with Crippen LogP contribution in [0.25, 0.3) is 4.85 Å². The molecule has 0 aromatic carbocycles. The van der Waals surface area contributed by atoms with Gasteiger partial charge in [-0.1, -0.05) is 38.5 Å². The molecule has 0 N–H and O–H groups in total. The highest BCUT2D eigenvalue weighted by atomic mass is 35.5. The molecule has 94 valence electrons. The van der Waals surface area contributed by atoms with E-state index in [0.717, 1.165) is 12.3 Å². The molecule has 0 rings (SSSR count). The number of hydrogen-bond acceptors (Lipinski definition) is 0. The second-order valence-corrected chi connectivity index (χ2v) is 5.57. The third-order valence-electron chi connectivity index (χ3n) is 2.97. The molecule has 0 aliphatic heterocycles. The summed E-state index contributed by atoms with van der Waals surface area (Å²) in [5.74, 6) is 0.811. The molecule has 0 radical (unpaired) electrons. The first-order chi connectivity index (χ1) is 7.62. The molecule has 0 saturated carbocycles. The van der Waals surface area contributed by atoms with Gasteiger partial charge in [0.25, 0.3) is 0 Å². The van der Waals surface area contributed by atoms with Gasteiger partial charge in [-0.15, -0.1) is 11.6 Å². The van der Waals surface area contributed by atoms with Crippen molar-refractivity contribution in [2.75, 3.05) is 5.88 Å². The number of nitrogens with zero attached hydrogens (tertiary/aromatic N) is 1.